The van der Waals surface area contributed by atoms with Gasteiger partial charge < -0.3 is 14.7 Å². The summed E-state index contributed by atoms with van der Waals surface area (Å²) in [6.07, 6.45) is -1.90. The van der Waals surface area contributed by atoms with E-state index in [2.05, 4.69) is 15.0 Å². The van der Waals surface area contributed by atoms with Crippen LogP contribution in [0.15, 0.2) is 16.9 Å². The van der Waals surface area contributed by atoms with Gasteiger partial charge in [0.15, 0.2) is 5.69 Å². The van der Waals surface area contributed by atoms with E-state index < -0.39 is 12.6 Å². The molecule has 1 saturated heterocycles. The van der Waals surface area contributed by atoms with Gasteiger partial charge in [0.1, 0.15) is 6.26 Å². The van der Waals surface area contributed by atoms with E-state index in [0.29, 0.717) is 19.6 Å². The van der Waals surface area contributed by atoms with E-state index in [1.165, 1.54) is 12.3 Å². The Morgan fingerprint density at radius 3 is 2.71 bits per heavy atom. The van der Waals surface area contributed by atoms with Crippen LogP contribution in [0.5, 0.6) is 0 Å². The first kappa shape index (κ1) is 15.8. The highest BCUT2D eigenvalue weighted by atomic mass is 19.4. The first-order valence-corrected chi connectivity index (χ1v) is 6.94. The minimum atomic E-state index is -4.08. The number of nitrogens with zero attached hydrogens (tertiary/aromatic N) is 2. The molecule has 0 radical (unpaired) electrons. The van der Waals surface area contributed by atoms with Crippen LogP contribution in [-0.4, -0.2) is 47.8 Å². The largest absolute Gasteiger partial charge is 0.389 e. The van der Waals surface area contributed by atoms with Gasteiger partial charge in [-0.05, 0) is 25.8 Å². The average molecular weight is 305 g/mol. The van der Waals surface area contributed by atoms with Crippen molar-refractivity contribution >= 4 is 5.91 Å². The lowest BCUT2D eigenvalue weighted by atomic mass is 10.0. The molecular weight excluding hydrogens is 287 g/mol. The van der Waals surface area contributed by atoms with Crippen molar-refractivity contribution < 1.29 is 22.5 Å². The molecule has 5 nitrogen and oxygen atoms in total. The zero-order valence-electron chi connectivity index (χ0n) is 11.5. The van der Waals surface area contributed by atoms with Crippen molar-refractivity contribution in [2.45, 2.75) is 37.9 Å². The molecule has 1 aromatic heterocycles. The molecule has 1 N–H and O–H groups in total. The van der Waals surface area contributed by atoms with Crippen molar-refractivity contribution in [1.82, 2.24) is 15.4 Å². The van der Waals surface area contributed by atoms with Crippen LogP contribution in [0.1, 0.15) is 36.2 Å². The highest BCUT2D eigenvalue weighted by Gasteiger charge is 2.27. The number of rotatable bonds is 5. The topological polar surface area (TPSA) is 58.4 Å². The molecule has 0 aliphatic carbocycles. The van der Waals surface area contributed by atoms with Crippen molar-refractivity contribution in [3.05, 3.63) is 18.0 Å². The molecule has 1 aliphatic rings. The Morgan fingerprint density at radius 1 is 1.43 bits per heavy atom. The third-order valence-corrected chi connectivity index (χ3v) is 3.53. The fourth-order valence-corrected chi connectivity index (χ4v) is 2.39. The number of carbonyl (C=O) groups excluding carboxylic acids is 1. The van der Waals surface area contributed by atoms with Gasteiger partial charge in [-0.1, -0.05) is 5.16 Å². The normalized spacial score (nSPS) is 17.9. The summed E-state index contributed by atoms with van der Waals surface area (Å²) in [6.45, 7) is 1.84. The molecule has 1 amide bonds. The molecule has 0 spiro atoms. The SMILES string of the molecule is O=C(NC1CCN(CCCC(F)(F)F)CC1)c1ccon1. The molecule has 1 aromatic rings. The van der Waals surface area contributed by atoms with Crippen molar-refractivity contribution in [3.63, 3.8) is 0 Å². The van der Waals surface area contributed by atoms with E-state index >= 15 is 0 Å². The van der Waals surface area contributed by atoms with Crippen molar-refractivity contribution in [1.29, 1.82) is 0 Å². The Hall–Kier alpha value is -1.57. The predicted molar refractivity (Wildman–Crippen MR) is 68.7 cm³/mol. The lowest BCUT2D eigenvalue weighted by Crippen LogP contribution is -2.45. The zero-order valence-corrected chi connectivity index (χ0v) is 11.5. The minimum Gasteiger partial charge on any atom is -0.364 e. The fourth-order valence-electron chi connectivity index (χ4n) is 2.39. The van der Waals surface area contributed by atoms with Crippen LogP contribution in [0.25, 0.3) is 0 Å². The summed E-state index contributed by atoms with van der Waals surface area (Å²) in [5.41, 5.74) is 0.239. The lowest BCUT2D eigenvalue weighted by molar-refractivity contribution is -0.136. The molecule has 2 heterocycles. The van der Waals surface area contributed by atoms with Crippen LogP contribution in [-0.2, 0) is 0 Å². The minimum absolute atomic E-state index is 0.0352. The van der Waals surface area contributed by atoms with Crippen LogP contribution in [0.4, 0.5) is 13.2 Å². The molecule has 2 rings (SSSR count). The number of likely N-dealkylation sites (tertiary alicyclic amines) is 1. The van der Waals surface area contributed by atoms with Crippen LogP contribution in [0.2, 0.25) is 0 Å². The zero-order chi connectivity index (χ0) is 15.3. The van der Waals surface area contributed by atoms with Gasteiger partial charge in [0, 0.05) is 31.6 Å². The lowest BCUT2D eigenvalue weighted by Gasteiger charge is -2.32. The van der Waals surface area contributed by atoms with Crippen LogP contribution in [0, 0.1) is 0 Å². The smallest absolute Gasteiger partial charge is 0.364 e. The van der Waals surface area contributed by atoms with E-state index in [1.54, 1.807) is 0 Å². The maximum absolute atomic E-state index is 12.1. The van der Waals surface area contributed by atoms with Gasteiger partial charge in [-0.15, -0.1) is 0 Å². The van der Waals surface area contributed by atoms with Gasteiger partial charge in [0.25, 0.3) is 5.91 Å². The predicted octanol–water partition coefficient (Wildman–Crippen LogP) is 2.21. The number of amides is 1. The van der Waals surface area contributed by atoms with Gasteiger partial charge in [-0.2, -0.15) is 13.2 Å². The molecule has 1 fully saturated rings. The van der Waals surface area contributed by atoms with Gasteiger partial charge in [-0.3, -0.25) is 4.79 Å². The molecular formula is C13H18F3N3O2. The Bertz CT molecular complexity index is 440. The number of hydrogen-bond donors (Lipinski definition) is 1. The summed E-state index contributed by atoms with van der Waals surface area (Å²) in [5.74, 6) is -0.278. The van der Waals surface area contributed by atoms with E-state index in [9.17, 15) is 18.0 Å². The summed E-state index contributed by atoms with van der Waals surface area (Å²) < 4.78 is 40.8. The summed E-state index contributed by atoms with van der Waals surface area (Å²) >= 11 is 0. The molecule has 0 aromatic carbocycles. The standard InChI is InChI=1S/C13H18F3N3O2/c14-13(15,16)5-1-6-19-7-2-10(3-8-19)17-12(20)11-4-9-21-18-11/h4,9-10H,1-3,5-8H2,(H,17,20). The summed E-state index contributed by atoms with van der Waals surface area (Å²) in [4.78, 5) is 13.8. The Balaban J connectivity index is 1.65. The molecule has 0 saturated carbocycles. The molecule has 8 heteroatoms. The number of piperidine rings is 1. The number of aromatic nitrogens is 1. The van der Waals surface area contributed by atoms with Crippen molar-refractivity contribution in [2.75, 3.05) is 19.6 Å². The highest BCUT2D eigenvalue weighted by Crippen LogP contribution is 2.22. The molecule has 0 atom stereocenters. The molecule has 118 valence electrons. The molecule has 0 bridgehead atoms. The summed E-state index contributed by atoms with van der Waals surface area (Å²) in [6, 6.07) is 1.52. The van der Waals surface area contributed by atoms with Crippen molar-refractivity contribution in [3.8, 4) is 0 Å². The van der Waals surface area contributed by atoms with E-state index in [-0.39, 0.29) is 24.1 Å². The van der Waals surface area contributed by atoms with Crippen molar-refractivity contribution in [2.24, 2.45) is 0 Å². The maximum atomic E-state index is 12.1. The second kappa shape index (κ2) is 6.93. The molecule has 1 aliphatic heterocycles. The van der Waals surface area contributed by atoms with Gasteiger partial charge >= 0.3 is 6.18 Å². The summed E-state index contributed by atoms with van der Waals surface area (Å²) in [7, 11) is 0. The first-order chi connectivity index (χ1) is 9.94. The van der Waals surface area contributed by atoms with E-state index in [0.717, 1.165) is 12.8 Å². The second-order valence-corrected chi connectivity index (χ2v) is 5.19. The average Bonchev–Trinajstić information content (AvgIpc) is 2.93. The quantitative estimate of drug-likeness (QED) is 0.906. The summed E-state index contributed by atoms with van der Waals surface area (Å²) in [5, 5.41) is 6.41. The van der Waals surface area contributed by atoms with E-state index in [4.69, 9.17) is 0 Å². The Labute approximate surface area is 120 Å². The third-order valence-electron chi connectivity index (χ3n) is 3.53. The monoisotopic (exact) mass is 305 g/mol. The number of alkyl halides is 3. The van der Waals surface area contributed by atoms with Gasteiger partial charge in [-0.25, -0.2) is 0 Å². The number of nitrogens with one attached hydrogen (secondary N) is 1. The van der Waals surface area contributed by atoms with Crippen LogP contribution < -0.4 is 5.32 Å². The number of halogens is 3. The maximum Gasteiger partial charge on any atom is 0.389 e. The Kier molecular flexibility index (Phi) is 5.22. The number of hydrogen-bond acceptors (Lipinski definition) is 4. The number of carbonyl (C=O) groups is 1. The van der Waals surface area contributed by atoms with Crippen LogP contribution in [0.3, 0.4) is 0 Å². The third kappa shape index (κ3) is 5.37. The molecule has 21 heavy (non-hydrogen) atoms. The van der Waals surface area contributed by atoms with Gasteiger partial charge in [0.05, 0.1) is 0 Å². The van der Waals surface area contributed by atoms with E-state index in [1.807, 2.05) is 4.90 Å². The fraction of sp³-hybridized carbons (Fsp3) is 0.692. The highest BCUT2D eigenvalue weighted by molar-refractivity contribution is 5.92. The Morgan fingerprint density at radius 2 is 2.14 bits per heavy atom. The second-order valence-electron chi connectivity index (χ2n) is 5.19. The molecule has 0 unspecified atom stereocenters. The van der Waals surface area contributed by atoms with Crippen LogP contribution >= 0.6 is 0 Å². The van der Waals surface area contributed by atoms with Gasteiger partial charge in [0.2, 0.25) is 0 Å². The first-order valence-electron chi connectivity index (χ1n) is 6.94.